The summed E-state index contributed by atoms with van der Waals surface area (Å²) in [6.45, 7) is 21.4. The highest BCUT2D eigenvalue weighted by Crippen LogP contribution is 2.41. The number of unbranched alkanes of at least 4 members (excludes halogenated alkanes) is 2. The lowest BCUT2D eigenvalue weighted by atomic mass is 9.77. The molecule has 1 unspecified atom stereocenters. The van der Waals surface area contributed by atoms with Crippen LogP contribution in [0, 0.1) is 17.2 Å². The van der Waals surface area contributed by atoms with Crippen LogP contribution in [-0.2, 0) is 62.1 Å². The van der Waals surface area contributed by atoms with Crippen molar-refractivity contribution in [2.75, 3.05) is 59.5 Å². The molecule has 420 valence electrons. The maximum Gasteiger partial charge on any atom is 0.335 e. The second-order valence-electron chi connectivity index (χ2n) is 20.3. The van der Waals surface area contributed by atoms with Crippen LogP contribution in [0.15, 0.2) is 109 Å². The van der Waals surface area contributed by atoms with Gasteiger partial charge in [-0.3, -0.25) is 0 Å². The molecule has 0 spiro atoms. The maximum atomic E-state index is 16.2. The molecule has 1 aliphatic rings. The molecule has 0 heterocycles. The summed E-state index contributed by atoms with van der Waals surface area (Å²) in [4.78, 5) is 51.3. The number of carbonyl (C=O) groups excluding carboxylic acids is 4. The molecule has 14 nitrogen and oxygen atoms in total. The van der Waals surface area contributed by atoms with Gasteiger partial charge in [0.2, 0.25) is 0 Å². The third kappa shape index (κ3) is 19.3. The molecular formula is C62H81FO14. The van der Waals surface area contributed by atoms with Crippen LogP contribution in [0.25, 0.3) is 22.3 Å². The van der Waals surface area contributed by atoms with Crippen LogP contribution in [0.5, 0.6) is 5.75 Å². The van der Waals surface area contributed by atoms with Crippen molar-refractivity contribution in [2.24, 2.45) is 11.3 Å². The molecule has 3 aromatic carbocycles. The lowest BCUT2D eigenvalue weighted by Gasteiger charge is -2.33. The third-order valence-electron chi connectivity index (χ3n) is 13.8. The molecule has 0 bridgehead atoms. The predicted molar refractivity (Wildman–Crippen MR) is 294 cm³/mol. The topological polar surface area (TPSA) is 205 Å². The number of aliphatic hydroxyl groups is 4. The lowest BCUT2D eigenvalue weighted by Crippen LogP contribution is -2.44. The summed E-state index contributed by atoms with van der Waals surface area (Å²) in [5.74, 6) is -2.18. The van der Waals surface area contributed by atoms with Gasteiger partial charge in [-0.15, -0.1) is 0 Å². The van der Waals surface area contributed by atoms with E-state index in [4.69, 9.17) is 28.4 Å². The highest BCUT2D eigenvalue weighted by atomic mass is 19.1. The van der Waals surface area contributed by atoms with Crippen molar-refractivity contribution < 1.29 is 72.4 Å². The zero-order valence-electron chi connectivity index (χ0n) is 45.7. The second kappa shape index (κ2) is 31.9. The molecule has 15 heteroatoms. The van der Waals surface area contributed by atoms with Crippen molar-refractivity contribution in [3.05, 3.63) is 137 Å². The van der Waals surface area contributed by atoms with Crippen LogP contribution >= 0.6 is 0 Å². The first-order valence-corrected chi connectivity index (χ1v) is 26.7. The van der Waals surface area contributed by atoms with Gasteiger partial charge in [-0.1, -0.05) is 103 Å². The van der Waals surface area contributed by atoms with Gasteiger partial charge in [-0.05, 0) is 141 Å². The Labute approximate surface area is 454 Å². The molecule has 1 aliphatic carbocycles. The summed E-state index contributed by atoms with van der Waals surface area (Å²) in [6.07, 6.45) is 9.70. The zero-order valence-corrected chi connectivity index (χ0v) is 45.7. The highest BCUT2D eigenvalue weighted by molar-refractivity contribution is 5.89. The van der Waals surface area contributed by atoms with Gasteiger partial charge in [0.15, 0.2) is 6.29 Å². The van der Waals surface area contributed by atoms with E-state index in [1.807, 2.05) is 43.3 Å². The van der Waals surface area contributed by atoms with E-state index >= 15 is 4.39 Å². The Hall–Kier alpha value is -6.23. The molecule has 1 atom stereocenters. The fraction of sp³-hybridized carbons (Fsp3) is 0.484. The van der Waals surface area contributed by atoms with Crippen LogP contribution in [0.1, 0.15) is 120 Å². The van der Waals surface area contributed by atoms with Gasteiger partial charge in [0.1, 0.15) is 43.4 Å². The monoisotopic (exact) mass is 1070 g/mol. The van der Waals surface area contributed by atoms with Crippen LogP contribution in [0.2, 0.25) is 0 Å². The van der Waals surface area contributed by atoms with E-state index in [0.29, 0.717) is 41.2 Å². The minimum absolute atomic E-state index is 0.0196. The number of benzene rings is 3. The number of halogens is 1. The highest BCUT2D eigenvalue weighted by Gasteiger charge is 2.38. The van der Waals surface area contributed by atoms with E-state index in [1.54, 1.807) is 6.07 Å². The second-order valence-corrected chi connectivity index (χ2v) is 20.3. The molecule has 0 radical (unpaired) electrons. The van der Waals surface area contributed by atoms with Crippen molar-refractivity contribution in [1.82, 2.24) is 0 Å². The standard InChI is InChI=1S/C62H81FO14/c1-10-12-13-16-45-19-21-47(22-20-45)48-23-26-54(55(63)32-48)49-24-25-53(46(11-2)29-49)52-30-50(17-14-27-72-59(69)42(7)33-64)56(51(31-52)18-15-28-73-60(70)43(8)34-65)74-36-62(37-75-57(67)40(3)4,38-76-58(68)41(5)6)39-77-61(71)44(9)35-66/h23-26,29-32,45,47,59,64-66,69H,3,5,7-22,27-28,33-39H2,1-2,4,6H3. The first kappa shape index (κ1) is 63.3. The summed E-state index contributed by atoms with van der Waals surface area (Å²) in [5, 5.41) is 39.1. The smallest absolute Gasteiger partial charge is 0.335 e. The van der Waals surface area contributed by atoms with Crippen molar-refractivity contribution in [2.45, 2.75) is 123 Å². The number of esters is 4. The van der Waals surface area contributed by atoms with E-state index in [9.17, 15) is 39.6 Å². The van der Waals surface area contributed by atoms with Crippen molar-refractivity contribution in [3.8, 4) is 28.0 Å². The van der Waals surface area contributed by atoms with E-state index in [-0.39, 0.29) is 66.2 Å². The Kier molecular flexibility index (Phi) is 26.2. The zero-order chi connectivity index (χ0) is 56.7. The first-order valence-electron chi connectivity index (χ1n) is 26.7. The molecular weight excluding hydrogens is 988 g/mol. The Morgan fingerprint density at radius 2 is 1.18 bits per heavy atom. The first-order chi connectivity index (χ1) is 36.8. The van der Waals surface area contributed by atoms with Gasteiger partial charge in [0, 0.05) is 22.3 Å². The predicted octanol–water partition coefficient (Wildman–Crippen LogP) is 10.1. The van der Waals surface area contributed by atoms with Crippen LogP contribution < -0.4 is 4.74 Å². The average Bonchev–Trinajstić information content (AvgIpc) is 3.43. The average molecular weight is 1070 g/mol. The van der Waals surface area contributed by atoms with Crippen molar-refractivity contribution >= 4 is 23.9 Å². The van der Waals surface area contributed by atoms with Crippen LogP contribution in [0.4, 0.5) is 4.39 Å². The van der Waals surface area contributed by atoms with Gasteiger partial charge < -0.3 is 48.8 Å². The number of hydrogen-bond acceptors (Lipinski definition) is 14. The molecule has 0 amide bonds. The van der Waals surface area contributed by atoms with E-state index in [1.165, 1.54) is 52.4 Å². The molecule has 3 aromatic rings. The van der Waals surface area contributed by atoms with Crippen molar-refractivity contribution in [3.63, 3.8) is 0 Å². The van der Waals surface area contributed by atoms with Gasteiger partial charge in [-0.25, -0.2) is 23.6 Å². The van der Waals surface area contributed by atoms with E-state index < -0.39 is 81.8 Å². The number of aliphatic hydroxyl groups excluding tert-OH is 4. The summed E-state index contributed by atoms with van der Waals surface area (Å²) in [6, 6.07) is 15.4. The summed E-state index contributed by atoms with van der Waals surface area (Å²) >= 11 is 0. The number of ether oxygens (including phenoxy) is 6. The minimum Gasteiger partial charge on any atom is -0.492 e. The van der Waals surface area contributed by atoms with E-state index in [2.05, 4.69) is 45.9 Å². The molecule has 0 saturated heterocycles. The number of hydrogen-bond donors (Lipinski definition) is 4. The molecule has 4 rings (SSSR count). The minimum atomic E-state index is -1.60. The molecule has 0 aromatic heterocycles. The van der Waals surface area contributed by atoms with Crippen molar-refractivity contribution in [1.29, 1.82) is 0 Å². The largest absolute Gasteiger partial charge is 0.492 e. The molecule has 1 fully saturated rings. The van der Waals surface area contributed by atoms with Gasteiger partial charge in [0.25, 0.3) is 0 Å². The maximum absolute atomic E-state index is 16.2. The Morgan fingerprint density at radius 1 is 0.636 bits per heavy atom. The SMILES string of the molecule is C=C(C)C(=O)OCC(COC(=O)C(=C)C)(COC(=O)C(=C)CO)COc1c(CCCOC(=O)C(=C)CO)cc(-c2ccc(-c3ccc(C4CCC(CCCCC)CC4)cc3F)cc2CC)cc1CCCOC(O)C(=C)CO. The molecule has 4 N–H and O–H groups in total. The number of carbonyl (C=O) groups is 4. The quantitative estimate of drug-likeness (QED) is 0.0110. The summed E-state index contributed by atoms with van der Waals surface area (Å²) < 4.78 is 50.9. The summed E-state index contributed by atoms with van der Waals surface area (Å²) in [5.41, 5.74) is 4.24. The normalized spacial score (nSPS) is 14.7. The lowest BCUT2D eigenvalue weighted by molar-refractivity contribution is -0.159. The summed E-state index contributed by atoms with van der Waals surface area (Å²) in [7, 11) is 0. The molecule has 77 heavy (non-hydrogen) atoms. The number of aryl methyl sites for hydroxylation is 3. The molecule has 0 aliphatic heterocycles. The Balaban J connectivity index is 1.85. The Morgan fingerprint density at radius 3 is 1.71 bits per heavy atom. The van der Waals surface area contributed by atoms with Gasteiger partial charge >= 0.3 is 23.9 Å². The molecule has 1 saturated carbocycles. The van der Waals surface area contributed by atoms with Gasteiger partial charge in [-0.2, -0.15) is 0 Å². The van der Waals surface area contributed by atoms with Crippen LogP contribution in [-0.4, -0.2) is 110 Å². The fourth-order valence-corrected chi connectivity index (χ4v) is 9.08. The number of rotatable bonds is 34. The van der Waals surface area contributed by atoms with Crippen LogP contribution in [0.3, 0.4) is 0 Å². The Bertz CT molecular complexity index is 2520. The van der Waals surface area contributed by atoms with Gasteiger partial charge in [0.05, 0.1) is 44.2 Å². The van der Waals surface area contributed by atoms with E-state index in [0.717, 1.165) is 46.6 Å². The third-order valence-corrected chi connectivity index (χ3v) is 13.8. The fourth-order valence-electron chi connectivity index (χ4n) is 9.08.